The highest BCUT2D eigenvalue weighted by Crippen LogP contribution is 2.24. The van der Waals surface area contributed by atoms with E-state index < -0.39 is 0 Å². The average molecular weight is 400 g/mol. The zero-order valence-electron chi connectivity index (χ0n) is 16.4. The van der Waals surface area contributed by atoms with Crippen molar-refractivity contribution >= 4 is 11.8 Å². The van der Waals surface area contributed by atoms with Crippen LogP contribution in [-0.2, 0) is 6.54 Å². The van der Waals surface area contributed by atoms with E-state index in [4.69, 9.17) is 14.2 Å². The summed E-state index contributed by atoms with van der Waals surface area (Å²) in [5, 5.41) is 9.57. The molecule has 0 fully saturated rings. The van der Waals surface area contributed by atoms with Gasteiger partial charge in [-0.3, -0.25) is 0 Å². The fourth-order valence-electron chi connectivity index (χ4n) is 2.73. The Morgan fingerprint density at radius 1 is 0.964 bits per heavy atom. The number of thioether (sulfide) groups is 1. The van der Waals surface area contributed by atoms with E-state index in [0.717, 1.165) is 40.5 Å². The Morgan fingerprint density at radius 3 is 2.36 bits per heavy atom. The monoisotopic (exact) mass is 399 g/mol. The van der Waals surface area contributed by atoms with Gasteiger partial charge in [0.05, 0.1) is 13.7 Å². The number of para-hydroxylation sites is 1. The number of nitrogens with zero attached hydrogens (tertiary/aromatic N) is 3. The molecule has 3 rings (SSSR count). The summed E-state index contributed by atoms with van der Waals surface area (Å²) in [6, 6.07) is 17.3. The van der Waals surface area contributed by atoms with Crippen LogP contribution in [0.4, 0.5) is 0 Å². The van der Waals surface area contributed by atoms with Gasteiger partial charge in [0.15, 0.2) is 17.1 Å². The summed E-state index contributed by atoms with van der Waals surface area (Å²) < 4.78 is 19.0. The molecule has 0 N–H and O–H groups in total. The fraction of sp³-hybridized carbons (Fsp3) is 0.333. The van der Waals surface area contributed by atoms with E-state index >= 15 is 0 Å². The lowest BCUT2D eigenvalue weighted by Crippen LogP contribution is -2.12. The molecule has 1 heterocycles. The number of aromatic nitrogens is 3. The molecule has 1 aromatic heterocycles. The van der Waals surface area contributed by atoms with Crippen LogP contribution in [0, 0.1) is 0 Å². The minimum absolute atomic E-state index is 0.181. The third kappa shape index (κ3) is 5.19. The van der Waals surface area contributed by atoms with Gasteiger partial charge in [-0.25, -0.2) is 0 Å². The van der Waals surface area contributed by atoms with E-state index in [1.54, 1.807) is 18.9 Å². The lowest BCUT2D eigenvalue weighted by Gasteiger charge is -2.15. The zero-order valence-corrected chi connectivity index (χ0v) is 17.2. The van der Waals surface area contributed by atoms with Gasteiger partial charge < -0.3 is 18.8 Å². The Bertz CT molecular complexity index is 853. The summed E-state index contributed by atoms with van der Waals surface area (Å²) in [6.07, 6.45) is -0.181. The maximum atomic E-state index is 5.99. The Kier molecular flexibility index (Phi) is 7.19. The van der Waals surface area contributed by atoms with Gasteiger partial charge in [0.25, 0.3) is 0 Å². The van der Waals surface area contributed by atoms with Crippen LogP contribution in [0.15, 0.2) is 59.8 Å². The van der Waals surface area contributed by atoms with Crippen molar-refractivity contribution in [2.75, 3.05) is 19.5 Å². The quantitative estimate of drug-likeness (QED) is 0.366. The molecule has 0 amide bonds. The fourth-order valence-corrected chi connectivity index (χ4v) is 3.55. The molecular weight excluding hydrogens is 374 g/mol. The first kappa shape index (κ1) is 20.1. The lowest BCUT2D eigenvalue weighted by atomic mass is 10.3. The van der Waals surface area contributed by atoms with Crippen LogP contribution < -0.4 is 14.2 Å². The topological polar surface area (TPSA) is 58.4 Å². The molecule has 0 spiro atoms. The van der Waals surface area contributed by atoms with Crippen LogP contribution in [0.5, 0.6) is 17.2 Å². The second-order valence-corrected chi connectivity index (χ2v) is 7.09. The van der Waals surface area contributed by atoms with Crippen molar-refractivity contribution in [3.8, 4) is 17.2 Å². The number of hydrogen-bond donors (Lipinski definition) is 0. The number of hydrogen-bond acceptors (Lipinski definition) is 6. The molecule has 0 bridgehead atoms. The van der Waals surface area contributed by atoms with E-state index in [2.05, 4.69) is 21.7 Å². The Morgan fingerprint density at radius 2 is 1.68 bits per heavy atom. The first-order chi connectivity index (χ1) is 13.7. The van der Waals surface area contributed by atoms with Gasteiger partial charge >= 0.3 is 0 Å². The van der Waals surface area contributed by atoms with Crippen molar-refractivity contribution in [2.45, 2.75) is 31.7 Å². The van der Waals surface area contributed by atoms with Crippen LogP contribution in [-0.4, -0.2) is 34.2 Å². The van der Waals surface area contributed by atoms with Crippen LogP contribution in [0.1, 0.15) is 25.8 Å². The van der Waals surface area contributed by atoms with Gasteiger partial charge in [0.1, 0.15) is 17.2 Å². The van der Waals surface area contributed by atoms with Gasteiger partial charge in [0.2, 0.25) is 0 Å². The summed E-state index contributed by atoms with van der Waals surface area (Å²) in [5.41, 5.74) is 0. The van der Waals surface area contributed by atoms with E-state index in [9.17, 15) is 0 Å². The Labute approximate surface area is 169 Å². The SMILES string of the molecule is CCn1c(SCCOc2ccc(OC)cc2)nnc1[C@@H](C)Oc1ccccc1. The van der Waals surface area contributed by atoms with Gasteiger partial charge in [-0.2, -0.15) is 0 Å². The molecule has 1 atom stereocenters. The molecule has 0 radical (unpaired) electrons. The molecule has 7 heteroatoms. The van der Waals surface area contributed by atoms with Crippen molar-refractivity contribution < 1.29 is 14.2 Å². The highest BCUT2D eigenvalue weighted by atomic mass is 32.2. The third-order valence-corrected chi connectivity index (χ3v) is 5.06. The van der Waals surface area contributed by atoms with Crippen molar-refractivity contribution in [3.05, 3.63) is 60.4 Å². The largest absolute Gasteiger partial charge is 0.497 e. The summed E-state index contributed by atoms with van der Waals surface area (Å²) >= 11 is 1.63. The summed E-state index contributed by atoms with van der Waals surface area (Å²) in [5.74, 6) is 4.06. The zero-order chi connectivity index (χ0) is 19.8. The Balaban J connectivity index is 1.54. The van der Waals surface area contributed by atoms with E-state index in [0.29, 0.717) is 6.61 Å². The van der Waals surface area contributed by atoms with Gasteiger partial charge in [-0.1, -0.05) is 30.0 Å². The van der Waals surface area contributed by atoms with Crippen molar-refractivity contribution in [3.63, 3.8) is 0 Å². The maximum Gasteiger partial charge on any atom is 0.191 e. The third-order valence-electron chi connectivity index (χ3n) is 4.12. The van der Waals surface area contributed by atoms with Crippen LogP contribution >= 0.6 is 11.8 Å². The lowest BCUT2D eigenvalue weighted by molar-refractivity contribution is 0.210. The van der Waals surface area contributed by atoms with E-state index in [-0.39, 0.29) is 6.10 Å². The van der Waals surface area contributed by atoms with Crippen LogP contribution in [0.25, 0.3) is 0 Å². The minimum Gasteiger partial charge on any atom is -0.497 e. The molecule has 148 valence electrons. The first-order valence-electron chi connectivity index (χ1n) is 9.25. The summed E-state index contributed by atoms with van der Waals surface area (Å²) in [6.45, 7) is 5.44. The number of ether oxygens (including phenoxy) is 3. The van der Waals surface area contributed by atoms with Crippen LogP contribution in [0.3, 0.4) is 0 Å². The molecule has 0 aliphatic carbocycles. The molecule has 0 aliphatic heterocycles. The molecule has 0 unspecified atom stereocenters. The molecule has 28 heavy (non-hydrogen) atoms. The molecule has 6 nitrogen and oxygen atoms in total. The number of methoxy groups -OCH3 is 1. The van der Waals surface area contributed by atoms with Gasteiger partial charge in [-0.05, 0) is 50.2 Å². The second-order valence-electron chi connectivity index (χ2n) is 6.03. The molecule has 2 aromatic carbocycles. The average Bonchev–Trinajstić information content (AvgIpc) is 3.15. The summed E-state index contributed by atoms with van der Waals surface area (Å²) in [7, 11) is 1.65. The predicted octanol–water partition coefficient (Wildman–Crippen LogP) is 4.62. The van der Waals surface area contributed by atoms with Crippen molar-refractivity contribution in [1.29, 1.82) is 0 Å². The molecule has 0 saturated carbocycles. The van der Waals surface area contributed by atoms with E-state index in [1.165, 1.54) is 0 Å². The van der Waals surface area contributed by atoms with Crippen molar-refractivity contribution in [1.82, 2.24) is 14.8 Å². The van der Waals surface area contributed by atoms with E-state index in [1.807, 2.05) is 61.5 Å². The highest BCUT2D eigenvalue weighted by molar-refractivity contribution is 7.99. The molecular formula is C21H25N3O3S. The Hall–Kier alpha value is -2.67. The molecule has 3 aromatic rings. The second kappa shape index (κ2) is 10.0. The first-order valence-corrected chi connectivity index (χ1v) is 10.2. The summed E-state index contributed by atoms with van der Waals surface area (Å²) in [4.78, 5) is 0. The standard InChI is InChI=1S/C21H25N3O3S/c1-4-24-20(16(2)27-19-8-6-5-7-9-19)22-23-21(24)28-15-14-26-18-12-10-17(25-3)11-13-18/h5-13,16H,4,14-15H2,1-3H3/t16-/m1/s1. The number of benzene rings is 2. The number of rotatable bonds is 10. The smallest absolute Gasteiger partial charge is 0.191 e. The highest BCUT2D eigenvalue weighted by Gasteiger charge is 2.18. The maximum absolute atomic E-state index is 5.99. The van der Waals surface area contributed by atoms with Crippen molar-refractivity contribution in [2.24, 2.45) is 0 Å². The molecule has 0 aliphatic rings. The predicted molar refractivity (Wildman–Crippen MR) is 110 cm³/mol. The minimum atomic E-state index is -0.181. The van der Waals surface area contributed by atoms with Gasteiger partial charge in [0, 0.05) is 12.3 Å². The van der Waals surface area contributed by atoms with Crippen LogP contribution in [0.2, 0.25) is 0 Å². The van der Waals surface area contributed by atoms with Gasteiger partial charge in [-0.15, -0.1) is 10.2 Å². The normalized spacial score (nSPS) is 11.8. The molecule has 0 saturated heterocycles.